The maximum Gasteiger partial charge on any atom is 0.123 e. The maximum absolute atomic E-state index is 5.69. The lowest BCUT2D eigenvalue weighted by atomic mass is 9.89. The van der Waals surface area contributed by atoms with Crippen LogP contribution in [-0.4, -0.2) is 12.1 Å². The van der Waals surface area contributed by atoms with E-state index in [0.717, 1.165) is 21.8 Å². The molecular formula is C16H22N2OS. The SMILES string of the molecule is COC(c1nc(-c2cccc(CN)c2)cs1)C(C)(C)C. The summed E-state index contributed by atoms with van der Waals surface area (Å²) in [5, 5.41) is 3.11. The largest absolute Gasteiger partial charge is 0.374 e. The summed E-state index contributed by atoms with van der Waals surface area (Å²) in [4.78, 5) is 4.75. The van der Waals surface area contributed by atoms with Gasteiger partial charge >= 0.3 is 0 Å². The number of thiazole rings is 1. The highest BCUT2D eigenvalue weighted by atomic mass is 32.1. The van der Waals surface area contributed by atoms with Crippen LogP contribution in [0.3, 0.4) is 0 Å². The summed E-state index contributed by atoms with van der Waals surface area (Å²) in [7, 11) is 1.74. The van der Waals surface area contributed by atoms with Crippen molar-refractivity contribution < 1.29 is 4.74 Å². The number of benzene rings is 1. The molecule has 1 heterocycles. The lowest BCUT2D eigenvalue weighted by molar-refractivity contribution is 0.0151. The van der Waals surface area contributed by atoms with E-state index in [1.807, 2.05) is 12.1 Å². The van der Waals surface area contributed by atoms with Gasteiger partial charge in [0.1, 0.15) is 11.1 Å². The number of ether oxygens (including phenoxy) is 1. The molecular weight excluding hydrogens is 268 g/mol. The third-order valence-corrected chi connectivity index (χ3v) is 4.11. The monoisotopic (exact) mass is 290 g/mol. The van der Waals surface area contributed by atoms with E-state index in [-0.39, 0.29) is 11.5 Å². The predicted octanol–water partition coefficient (Wildman–Crippen LogP) is 4.00. The molecule has 4 heteroatoms. The van der Waals surface area contributed by atoms with E-state index in [2.05, 4.69) is 38.3 Å². The molecule has 0 spiro atoms. The Bertz CT molecular complexity index is 572. The van der Waals surface area contributed by atoms with Gasteiger partial charge < -0.3 is 10.5 Å². The van der Waals surface area contributed by atoms with Crippen molar-refractivity contribution in [2.75, 3.05) is 7.11 Å². The molecule has 0 aliphatic carbocycles. The van der Waals surface area contributed by atoms with E-state index in [4.69, 9.17) is 15.5 Å². The van der Waals surface area contributed by atoms with E-state index >= 15 is 0 Å². The average molecular weight is 290 g/mol. The molecule has 2 N–H and O–H groups in total. The summed E-state index contributed by atoms with van der Waals surface area (Å²) in [6.45, 7) is 7.04. The molecule has 1 aromatic carbocycles. The number of hydrogen-bond donors (Lipinski definition) is 1. The minimum Gasteiger partial charge on any atom is -0.374 e. The van der Waals surface area contributed by atoms with Gasteiger partial charge in [-0.25, -0.2) is 4.98 Å². The third kappa shape index (κ3) is 3.26. The highest BCUT2D eigenvalue weighted by molar-refractivity contribution is 7.10. The Labute approximate surface area is 124 Å². The normalized spacial score (nSPS) is 13.4. The Morgan fingerprint density at radius 1 is 1.35 bits per heavy atom. The number of nitrogens with two attached hydrogens (primary N) is 1. The molecule has 3 nitrogen and oxygen atoms in total. The fraction of sp³-hybridized carbons (Fsp3) is 0.438. The summed E-state index contributed by atoms with van der Waals surface area (Å²) < 4.78 is 5.62. The topological polar surface area (TPSA) is 48.1 Å². The second-order valence-electron chi connectivity index (χ2n) is 5.96. The van der Waals surface area contributed by atoms with Gasteiger partial charge in [-0.05, 0) is 17.0 Å². The number of methoxy groups -OCH3 is 1. The summed E-state index contributed by atoms with van der Waals surface area (Å²) >= 11 is 1.65. The van der Waals surface area contributed by atoms with Crippen LogP contribution in [0.5, 0.6) is 0 Å². The van der Waals surface area contributed by atoms with E-state index in [1.165, 1.54) is 0 Å². The van der Waals surface area contributed by atoms with Crippen molar-refractivity contribution in [1.29, 1.82) is 0 Å². The van der Waals surface area contributed by atoms with Gasteiger partial charge in [-0.3, -0.25) is 0 Å². The Morgan fingerprint density at radius 2 is 2.10 bits per heavy atom. The number of hydrogen-bond acceptors (Lipinski definition) is 4. The van der Waals surface area contributed by atoms with Gasteiger partial charge in [-0.15, -0.1) is 11.3 Å². The van der Waals surface area contributed by atoms with Gasteiger partial charge in [0.15, 0.2) is 0 Å². The van der Waals surface area contributed by atoms with E-state index < -0.39 is 0 Å². The van der Waals surface area contributed by atoms with Gasteiger partial charge in [-0.2, -0.15) is 0 Å². The average Bonchev–Trinajstić information content (AvgIpc) is 2.87. The predicted molar refractivity (Wildman–Crippen MR) is 84.6 cm³/mol. The first kappa shape index (κ1) is 15.2. The number of rotatable bonds is 4. The second kappa shape index (κ2) is 6.04. The quantitative estimate of drug-likeness (QED) is 0.925. The summed E-state index contributed by atoms with van der Waals surface area (Å²) in [5.41, 5.74) is 8.95. The second-order valence-corrected chi connectivity index (χ2v) is 6.85. The number of aromatic nitrogens is 1. The molecule has 1 aromatic heterocycles. The Kier molecular flexibility index (Phi) is 4.58. The zero-order chi connectivity index (χ0) is 14.8. The van der Waals surface area contributed by atoms with Crippen molar-refractivity contribution in [3.8, 4) is 11.3 Å². The molecule has 1 unspecified atom stereocenters. The van der Waals surface area contributed by atoms with Crippen molar-refractivity contribution in [3.63, 3.8) is 0 Å². The van der Waals surface area contributed by atoms with Gasteiger partial charge in [0.05, 0.1) is 5.69 Å². The van der Waals surface area contributed by atoms with Crippen LogP contribution in [0.2, 0.25) is 0 Å². The van der Waals surface area contributed by atoms with Crippen molar-refractivity contribution in [1.82, 2.24) is 4.98 Å². The van der Waals surface area contributed by atoms with Gasteiger partial charge in [0, 0.05) is 24.6 Å². The van der Waals surface area contributed by atoms with Gasteiger partial charge in [0.25, 0.3) is 0 Å². The zero-order valence-corrected chi connectivity index (χ0v) is 13.3. The zero-order valence-electron chi connectivity index (χ0n) is 12.5. The van der Waals surface area contributed by atoms with Crippen LogP contribution in [0.25, 0.3) is 11.3 Å². The fourth-order valence-corrected chi connectivity index (χ4v) is 3.37. The van der Waals surface area contributed by atoms with Gasteiger partial charge in [-0.1, -0.05) is 39.0 Å². The summed E-state index contributed by atoms with van der Waals surface area (Å²) in [6.07, 6.45) is 0.0129. The van der Waals surface area contributed by atoms with Crippen molar-refractivity contribution in [2.24, 2.45) is 11.1 Å². The van der Waals surface area contributed by atoms with Crippen LogP contribution in [0.15, 0.2) is 29.6 Å². The highest BCUT2D eigenvalue weighted by Crippen LogP contribution is 2.38. The van der Waals surface area contributed by atoms with Crippen molar-refractivity contribution in [3.05, 3.63) is 40.2 Å². The van der Waals surface area contributed by atoms with Gasteiger partial charge in [0.2, 0.25) is 0 Å². The van der Waals surface area contributed by atoms with Crippen LogP contribution < -0.4 is 5.73 Å². The first-order valence-electron chi connectivity index (χ1n) is 6.73. The smallest absolute Gasteiger partial charge is 0.123 e. The Balaban J connectivity index is 2.32. The summed E-state index contributed by atoms with van der Waals surface area (Å²) in [6, 6.07) is 8.21. The molecule has 20 heavy (non-hydrogen) atoms. The van der Waals surface area contributed by atoms with Crippen LogP contribution in [-0.2, 0) is 11.3 Å². The summed E-state index contributed by atoms with van der Waals surface area (Å²) in [5.74, 6) is 0. The standard InChI is InChI=1S/C16H22N2OS/c1-16(2,3)14(19-4)15-18-13(10-20-15)12-7-5-6-11(8-12)9-17/h5-8,10,14H,9,17H2,1-4H3. The molecule has 2 rings (SSSR count). The van der Waals surface area contributed by atoms with E-state index in [1.54, 1.807) is 18.4 Å². The fourth-order valence-electron chi connectivity index (χ4n) is 2.22. The third-order valence-electron chi connectivity index (χ3n) is 3.23. The number of nitrogens with zero attached hydrogens (tertiary/aromatic N) is 1. The van der Waals surface area contributed by atoms with Crippen LogP contribution in [0.4, 0.5) is 0 Å². The molecule has 0 saturated heterocycles. The first-order chi connectivity index (χ1) is 9.45. The molecule has 0 amide bonds. The molecule has 0 aliphatic rings. The van der Waals surface area contributed by atoms with Crippen molar-refractivity contribution >= 4 is 11.3 Å². The lowest BCUT2D eigenvalue weighted by Crippen LogP contribution is -2.19. The molecule has 108 valence electrons. The molecule has 1 atom stereocenters. The van der Waals surface area contributed by atoms with E-state index in [0.29, 0.717) is 6.54 Å². The van der Waals surface area contributed by atoms with Crippen molar-refractivity contribution in [2.45, 2.75) is 33.4 Å². The highest BCUT2D eigenvalue weighted by Gasteiger charge is 2.28. The molecule has 2 aromatic rings. The Hall–Kier alpha value is -1.23. The maximum atomic E-state index is 5.69. The molecule has 0 radical (unpaired) electrons. The lowest BCUT2D eigenvalue weighted by Gasteiger charge is -2.27. The first-order valence-corrected chi connectivity index (χ1v) is 7.61. The molecule has 0 fully saturated rings. The van der Waals surface area contributed by atoms with Crippen LogP contribution >= 0.6 is 11.3 Å². The molecule has 0 saturated carbocycles. The molecule has 0 aliphatic heterocycles. The van der Waals surface area contributed by atoms with Crippen LogP contribution in [0.1, 0.15) is 37.4 Å². The van der Waals surface area contributed by atoms with E-state index in [9.17, 15) is 0 Å². The minimum atomic E-state index is 0.0129. The molecule has 0 bridgehead atoms. The van der Waals surface area contributed by atoms with Crippen LogP contribution in [0, 0.1) is 5.41 Å². The Morgan fingerprint density at radius 3 is 2.70 bits per heavy atom. The minimum absolute atomic E-state index is 0.0129.